The van der Waals surface area contributed by atoms with E-state index in [1.807, 2.05) is 29.2 Å². The molecular weight excluding hydrogens is 414 g/mol. The van der Waals surface area contributed by atoms with Gasteiger partial charge in [0, 0.05) is 64.0 Å². The maximum atomic E-state index is 12.6. The number of benzene rings is 2. The zero-order valence-electron chi connectivity index (χ0n) is 19.7. The molecule has 176 valence electrons. The highest BCUT2D eigenvalue weighted by molar-refractivity contribution is 5.80. The average Bonchev–Trinajstić information content (AvgIpc) is 3.30. The first-order chi connectivity index (χ1) is 16.2. The lowest BCUT2D eigenvalue weighted by atomic mass is 10.0. The van der Waals surface area contributed by atoms with Crippen LogP contribution in [0, 0.1) is 0 Å². The molecule has 7 heteroatoms. The summed E-state index contributed by atoms with van der Waals surface area (Å²) in [7, 11) is 3.50. The first-order valence-corrected chi connectivity index (χ1v) is 11.9. The number of nitrogens with one attached hydrogen (secondary N) is 2. The van der Waals surface area contributed by atoms with E-state index in [9.17, 15) is 4.79 Å². The van der Waals surface area contributed by atoms with Crippen LogP contribution in [0.1, 0.15) is 36.8 Å². The minimum absolute atomic E-state index is 0.220. The summed E-state index contributed by atoms with van der Waals surface area (Å²) in [6, 6.07) is 16.9. The van der Waals surface area contributed by atoms with Crippen LogP contribution in [0.15, 0.2) is 53.5 Å². The third-order valence-electron chi connectivity index (χ3n) is 6.46. The third kappa shape index (κ3) is 5.97. The van der Waals surface area contributed by atoms with E-state index >= 15 is 0 Å². The second kappa shape index (κ2) is 11.1. The van der Waals surface area contributed by atoms with E-state index in [0.29, 0.717) is 12.5 Å². The van der Waals surface area contributed by atoms with Gasteiger partial charge in [0.25, 0.3) is 0 Å². The second-order valence-corrected chi connectivity index (χ2v) is 8.75. The number of guanidine groups is 1. The Balaban J connectivity index is 1.19. The molecule has 2 aromatic rings. The molecule has 0 aromatic heterocycles. The molecule has 0 bridgehead atoms. The van der Waals surface area contributed by atoms with Gasteiger partial charge in [-0.05, 0) is 42.5 Å². The number of aliphatic imine (C=N–C) groups is 1. The van der Waals surface area contributed by atoms with Crippen LogP contribution in [0.4, 0.5) is 5.69 Å². The standard InChI is InChI=1S/C26H35N5O2/c1-27-26(28-14-6-13-25(32)31-17-20-8-3-4-9-21(20)18-31)29-22-10-7-15-30(19-22)23-11-5-12-24(16-23)33-2/h3-5,8-9,11-12,16,22H,6-7,10,13-15,17-19H2,1-2H3,(H2,27,28,29). The number of carbonyl (C=O) groups excluding carboxylic acids is 1. The SMILES string of the molecule is CN=C(NCCCC(=O)N1Cc2ccccc2C1)NC1CCCN(c2cccc(OC)c2)C1. The zero-order valence-corrected chi connectivity index (χ0v) is 19.7. The molecule has 0 radical (unpaired) electrons. The van der Waals surface area contributed by atoms with Crippen molar-refractivity contribution >= 4 is 17.6 Å². The van der Waals surface area contributed by atoms with Crippen molar-refractivity contribution in [3.05, 3.63) is 59.7 Å². The molecule has 33 heavy (non-hydrogen) atoms. The number of hydrogen-bond donors (Lipinski definition) is 2. The van der Waals surface area contributed by atoms with Crippen molar-refractivity contribution in [1.82, 2.24) is 15.5 Å². The van der Waals surface area contributed by atoms with Gasteiger partial charge in [0.2, 0.25) is 5.91 Å². The number of piperidine rings is 1. The normalized spacial score (nSPS) is 18.1. The molecule has 0 spiro atoms. The number of hydrogen-bond acceptors (Lipinski definition) is 4. The molecule has 7 nitrogen and oxygen atoms in total. The third-order valence-corrected chi connectivity index (χ3v) is 6.46. The fourth-order valence-electron chi connectivity index (χ4n) is 4.64. The number of fused-ring (bicyclic) bond motifs is 1. The maximum Gasteiger partial charge on any atom is 0.223 e. The molecule has 0 aliphatic carbocycles. The van der Waals surface area contributed by atoms with Crippen molar-refractivity contribution in [2.24, 2.45) is 4.99 Å². The van der Waals surface area contributed by atoms with Gasteiger partial charge in [0.1, 0.15) is 5.75 Å². The molecule has 1 amide bonds. The predicted molar refractivity (Wildman–Crippen MR) is 133 cm³/mol. The molecule has 4 rings (SSSR count). The average molecular weight is 450 g/mol. The van der Waals surface area contributed by atoms with Crippen LogP contribution in [0.2, 0.25) is 0 Å². The van der Waals surface area contributed by atoms with E-state index in [2.05, 4.69) is 44.8 Å². The van der Waals surface area contributed by atoms with Crippen LogP contribution >= 0.6 is 0 Å². The topological polar surface area (TPSA) is 69.2 Å². The fraction of sp³-hybridized carbons (Fsp3) is 0.462. The lowest BCUT2D eigenvalue weighted by Crippen LogP contribution is -2.51. The lowest BCUT2D eigenvalue weighted by Gasteiger charge is -2.35. The molecule has 1 fully saturated rings. The molecule has 2 aliphatic heterocycles. The molecule has 2 heterocycles. The summed E-state index contributed by atoms with van der Waals surface area (Å²) in [4.78, 5) is 21.3. The van der Waals surface area contributed by atoms with Gasteiger partial charge in [-0.2, -0.15) is 0 Å². The van der Waals surface area contributed by atoms with E-state index in [1.165, 1.54) is 16.8 Å². The molecule has 2 aliphatic rings. The van der Waals surface area contributed by atoms with Gasteiger partial charge in [-0.3, -0.25) is 9.79 Å². The molecule has 1 saturated heterocycles. The van der Waals surface area contributed by atoms with Crippen molar-refractivity contribution in [1.29, 1.82) is 0 Å². The Morgan fingerprint density at radius 2 is 1.94 bits per heavy atom. The molecule has 2 aromatic carbocycles. The van der Waals surface area contributed by atoms with Gasteiger partial charge in [0.05, 0.1) is 7.11 Å². The summed E-state index contributed by atoms with van der Waals surface area (Å²) >= 11 is 0. The summed E-state index contributed by atoms with van der Waals surface area (Å²) in [5, 5.41) is 6.94. The van der Waals surface area contributed by atoms with E-state index in [1.54, 1.807) is 14.2 Å². The first kappa shape index (κ1) is 23.0. The minimum atomic E-state index is 0.220. The maximum absolute atomic E-state index is 12.6. The number of ether oxygens (including phenoxy) is 1. The first-order valence-electron chi connectivity index (χ1n) is 11.9. The highest BCUT2D eigenvalue weighted by Crippen LogP contribution is 2.24. The number of rotatable bonds is 7. The number of amides is 1. The van der Waals surface area contributed by atoms with E-state index < -0.39 is 0 Å². The second-order valence-electron chi connectivity index (χ2n) is 8.75. The predicted octanol–water partition coefficient (Wildman–Crippen LogP) is 3.15. The largest absolute Gasteiger partial charge is 0.497 e. The van der Waals surface area contributed by atoms with Crippen molar-refractivity contribution in [2.45, 2.75) is 44.8 Å². The molecule has 1 atom stereocenters. The van der Waals surface area contributed by atoms with Crippen LogP contribution < -0.4 is 20.3 Å². The van der Waals surface area contributed by atoms with Crippen LogP contribution in [-0.2, 0) is 17.9 Å². The van der Waals surface area contributed by atoms with Crippen LogP contribution in [0.25, 0.3) is 0 Å². The monoisotopic (exact) mass is 449 g/mol. The molecular formula is C26H35N5O2. The zero-order chi connectivity index (χ0) is 23.0. The Bertz CT molecular complexity index is 952. The Kier molecular flexibility index (Phi) is 7.70. The fourth-order valence-corrected chi connectivity index (χ4v) is 4.64. The minimum Gasteiger partial charge on any atom is -0.497 e. The van der Waals surface area contributed by atoms with Crippen LogP contribution in [0.5, 0.6) is 5.75 Å². The Morgan fingerprint density at radius 3 is 2.67 bits per heavy atom. The summed E-state index contributed by atoms with van der Waals surface area (Å²) in [6.45, 7) is 4.15. The number of nitrogens with zero attached hydrogens (tertiary/aromatic N) is 3. The van der Waals surface area contributed by atoms with Crippen molar-refractivity contribution in [3.63, 3.8) is 0 Å². The van der Waals surface area contributed by atoms with Crippen LogP contribution in [-0.4, -0.2) is 56.6 Å². The Hall–Kier alpha value is -3.22. The van der Waals surface area contributed by atoms with Gasteiger partial charge < -0.3 is 25.2 Å². The van der Waals surface area contributed by atoms with Crippen molar-refractivity contribution in [2.75, 3.05) is 38.7 Å². The van der Waals surface area contributed by atoms with E-state index in [4.69, 9.17) is 4.74 Å². The number of anilines is 1. The van der Waals surface area contributed by atoms with E-state index in [0.717, 1.165) is 63.7 Å². The van der Waals surface area contributed by atoms with Gasteiger partial charge >= 0.3 is 0 Å². The van der Waals surface area contributed by atoms with Gasteiger partial charge in [-0.1, -0.05) is 30.3 Å². The summed E-state index contributed by atoms with van der Waals surface area (Å²) < 4.78 is 5.38. The molecule has 1 unspecified atom stereocenters. The highest BCUT2D eigenvalue weighted by Gasteiger charge is 2.23. The van der Waals surface area contributed by atoms with Crippen molar-refractivity contribution in [3.8, 4) is 5.75 Å². The Labute approximate surface area is 196 Å². The number of methoxy groups -OCH3 is 1. The summed E-state index contributed by atoms with van der Waals surface area (Å²) in [5.74, 6) is 1.90. The summed E-state index contributed by atoms with van der Waals surface area (Å²) in [6.07, 6.45) is 3.56. The van der Waals surface area contributed by atoms with E-state index in [-0.39, 0.29) is 5.91 Å². The lowest BCUT2D eigenvalue weighted by molar-refractivity contribution is -0.131. The van der Waals surface area contributed by atoms with Gasteiger partial charge in [-0.25, -0.2) is 0 Å². The quantitative estimate of drug-likeness (QED) is 0.386. The molecule has 2 N–H and O–H groups in total. The number of carbonyl (C=O) groups is 1. The van der Waals surface area contributed by atoms with Crippen LogP contribution in [0.3, 0.4) is 0 Å². The summed E-state index contributed by atoms with van der Waals surface area (Å²) in [5.41, 5.74) is 3.72. The molecule has 0 saturated carbocycles. The van der Waals surface area contributed by atoms with Crippen molar-refractivity contribution < 1.29 is 9.53 Å². The smallest absolute Gasteiger partial charge is 0.223 e. The van der Waals surface area contributed by atoms with Gasteiger partial charge in [-0.15, -0.1) is 0 Å². The van der Waals surface area contributed by atoms with Gasteiger partial charge in [0.15, 0.2) is 5.96 Å². The Morgan fingerprint density at radius 1 is 1.15 bits per heavy atom. The highest BCUT2D eigenvalue weighted by atomic mass is 16.5.